The standard InChI is InChI=1S/C13H20N2O3S/c1-15(12-5-3-6-12)19(16,17)9-8-18-13-7-2-4-11(14)10-13/h2,4,7,10,12H,3,5-6,8-9,14H2,1H3. The molecule has 1 saturated carbocycles. The molecule has 0 saturated heterocycles. The predicted molar refractivity (Wildman–Crippen MR) is 75.5 cm³/mol. The largest absolute Gasteiger partial charge is 0.492 e. The molecule has 19 heavy (non-hydrogen) atoms. The lowest BCUT2D eigenvalue weighted by Crippen LogP contribution is -2.43. The van der Waals surface area contributed by atoms with Crippen LogP contribution in [0.2, 0.25) is 0 Å². The first-order chi connectivity index (χ1) is 8.99. The molecule has 5 nitrogen and oxygen atoms in total. The molecule has 0 atom stereocenters. The van der Waals surface area contributed by atoms with E-state index in [9.17, 15) is 8.42 Å². The summed E-state index contributed by atoms with van der Waals surface area (Å²) in [6, 6.07) is 7.16. The number of nitrogens with two attached hydrogens (primary N) is 1. The molecular formula is C13H20N2O3S. The first kappa shape index (κ1) is 14.1. The van der Waals surface area contributed by atoms with Gasteiger partial charge in [-0.25, -0.2) is 12.7 Å². The number of hydrogen-bond donors (Lipinski definition) is 1. The molecule has 6 heteroatoms. The van der Waals surface area contributed by atoms with Crippen molar-refractivity contribution in [1.82, 2.24) is 4.31 Å². The molecule has 0 amide bonds. The average Bonchev–Trinajstić information content (AvgIpc) is 2.26. The summed E-state index contributed by atoms with van der Waals surface area (Å²) in [6.07, 6.45) is 3.04. The first-order valence-corrected chi connectivity index (χ1v) is 8.04. The third-order valence-corrected chi connectivity index (χ3v) is 5.35. The normalized spacial score (nSPS) is 16.3. The van der Waals surface area contributed by atoms with Crippen molar-refractivity contribution in [2.24, 2.45) is 0 Å². The second-order valence-electron chi connectivity index (χ2n) is 4.84. The monoisotopic (exact) mass is 284 g/mol. The fourth-order valence-electron chi connectivity index (χ4n) is 1.99. The Kier molecular flexibility index (Phi) is 4.31. The maximum absolute atomic E-state index is 12.0. The average molecular weight is 284 g/mol. The van der Waals surface area contributed by atoms with Crippen molar-refractivity contribution < 1.29 is 13.2 Å². The van der Waals surface area contributed by atoms with E-state index in [0.717, 1.165) is 19.3 Å². The van der Waals surface area contributed by atoms with Crippen LogP contribution in [-0.4, -0.2) is 38.2 Å². The second kappa shape index (κ2) is 5.79. The number of hydrogen-bond acceptors (Lipinski definition) is 4. The van der Waals surface area contributed by atoms with E-state index in [1.165, 1.54) is 4.31 Å². The van der Waals surface area contributed by atoms with E-state index in [1.807, 2.05) is 0 Å². The molecule has 0 aliphatic heterocycles. The van der Waals surface area contributed by atoms with Crippen LogP contribution in [0.1, 0.15) is 19.3 Å². The van der Waals surface area contributed by atoms with E-state index in [4.69, 9.17) is 10.5 Å². The molecule has 0 unspecified atom stereocenters. The highest BCUT2D eigenvalue weighted by Gasteiger charge is 2.30. The number of ether oxygens (including phenoxy) is 1. The molecule has 0 aromatic heterocycles. The number of rotatable bonds is 6. The summed E-state index contributed by atoms with van der Waals surface area (Å²) >= 11 is 0. The lowest BCUT2D eigenvalue weighted by Gasteiger charge is -2.33. The Morgan fingerprint density at radius 3 is 2.74 bits per heavy atom. The smallest absolute Gasteiger partial charge is 0.217 e. The van der Waals surface area contributed by atoms with Crippen molar-refractivity contribution in [2.45, 2.75) is 25.3 Å². The second-order valence-corrected chi connectivity index (χ2v) is 6.99. The molecule has 1 aliphatic rings. The number of benzene rings is 1. The Morgan fingerprint density at radius 2 is 2.16 bits per heavy atom. The van der Waals surface area contributed by atoms with Crippen LogP contribution in [0.5, 0.6) is 5.75 Å². The van der Waals surface area contributed by atoms with Crippen LogP contribution in [-0.2, 0) is 10.0 Å². The minimum atomic E-state index is -3.22. The third kappa shape index (κ3) is 3.61. The molecule has 0 heterocycles. The van der Waals surface area contributed by atoms with Crippen LogP contribution in [0.25, 0.3) is 0 Å². The summed E-state index contributed by atoms with van der Waals surface area (Å²) in [7, 11) is -1.57. The van der Waals surface area contributed by atoms with Gasteiger partial charge in [0.15, 0.2) is 0 Å². The van der Waals surface area contributed by atoms with Crippen LogP contribution in [0.15, 0.2) is 24.3 Å². The van der Waals surface area contributed by atoms with Gasteiger partial charge in [0.2, 0.25) is 10.0 Å². The minimum absolute atomic E-state index is 0.00516. The third-order valence-electron chi connectivity index (χ3n) is 3.50. The topological polar surface area (TPSA) is 72.6 Å². The van der Waals surface area contributed by atoms with Gasteiger partial charge >= 0.3 is 0 Å². The molecule has 1 aliphatic carbocycles. The Balaban J connectivity index is 1.84. The van der Waals surface area contributed by atoms with Gasteiger partial charge in [-0.15, -0.1) is 0 Å². The lowest BCUT2D eigenvalue weighted by molar-refractivity contribution is 0.247. The SMILES string of the molecule is CN(C1CCC1)S(=O)(=O)CCOc1cccc(N)c1. The Hall–Kier alpha value is -1.27. The van der Waals surface area contributed by atoms with Gasteiger partial charge < -0.3 is 10.5 Å². The van der Waals surface area contributed by atoms with E-state index in [0.29, 0.717) is 11.4 Å². The summed E-state index contributed by atoms with van der Waals surface area (Å²) in [5.41, 5.74) is 6.23. The maximum atomic E-state index is 12.0. The molecule has 2 N–H and O–H groups in total. The number of nitrogen functional groups attached to an aromatic ring is 1. The fourth-order valence-corrected chi connectivity index (χ4v) is 3.24. The molecule has 106 valence electrons. The molecule has 0 radical (unpaired) electrons. The molecule has 1 aromatic carbocycles. The van der Waals surface area contributed by atoms with E-state index in [1.54, 1.807) is 31.3 Å². The van der Waals surface area contributed by atoms with Crippen molar-refractivity contribution in [3.05, 3.63) is 24.3 Å². The summed E-state index contributed by atoms with van der Waals surface area (Å²) < 4.78 is 31.0. The lowest BCUT2D eigenvalue weighted by atomic mass is 9.94. The highest BCUT2D eigenvalue weighted by molar-refractivity contribution is 7.89. The number of sulfonamides is 1. The van der Waals surface area contributed by atoms with Crippen molar-refractivity contribution in [3.8, 4) is 5.75 Å². The highest BCUT2D eigenvalue weighted by atomic mass is 32.2. The van der Waals surface area contributed by atoms with Gasteiger partial charge in [-0.1, -0.05) is 12.5 Å². The zero-order chi connectivity index (χ0) is 13.9. The maximum Gasteiger partial charge on any atom is 0.217 e. The Labute approximate surface area is 114 Å². The zero-order valence-electron chi connectivity index (χ0n) is 11.1. The molecule has 1 aromatic rings. The van der Waals surface area contributed by atoms with Crippen molar-refractivity contribution in [1.29, 1.82) is 0 Å². The van der Waals surface area contributed by atoms with Crippen molar-refractivity contribution in [2.75, 3.05) is 25.1 Å². The van der Waals surface area contributed by atoms with E-state index < -0.39 is 10.0 Å². The fraction of sp³-hybridized carbons (Fsp3) is 0.538. The Bertz CT molecular complexity index is 526. The molecule has 1 fully saturated rings. The van der Waals surface area contributed by atoms with Gasteiger partial charge in [0, 0.05) is 24.8 Å². The van der Waals surface area contributed by atoms with E-state index in [2.05, 4.69) is 0 Å². The Morgan fingerprint density at radius 1 is 1.42 bits per heavy atom. The van der Waals surface area contributed by atoms with Gasteiger partial charge in [0.1, 0.15) is 12.4 Å². The molecule has 2 rings (SSSR count). The van der Waals surface area contributed by atoms with Crippen LogP contribution >= 0.6 is 0 Å². The van der Waals surface area contributed by atoms with Gasteiger partial charge in [-0.2, -0.15) is 0 Å². The summed E-state index contributed by atoms with van der Waals surface area (Å²) in [4.78, 5) is 0. The molecule has 0 spiro atoms. The predicted octanol–water partition coefficient (Wildman–Crippen LogP) is 1.46. The number of nitrogens with zero attached hydrogens (tertiary/aromatic N) is 1. The molecular weight excluding hydrogens is 264 g/mol. The van der Waals surface area contributed by atoms with Crippen molar-refractivity contribution >= 4 is 15.7 Å². The van der Waals surface area contributed by atoms with Gasteiger partial charge in [0.25, 0.3) is 0 Å². The highest BCUT2D eigenvalue weighted by Crippen LogP contribution is 2.25. The van der Waals surface area contributed by atoms with Gasteiger partial charge in [-0.05, 0) is 25.0 Å². The summed E-state index contributed by atoms with van der Waals surface area (Å²) in [6.45, 7) is 0.142. The molecule has 0 bridgehead atoms. The first-order valence-electron chi connectivity index (χ1n) is 6.43. The number of anilines is 1. The summed E-state index contributed by atoms with van der Waals surface area (Å²) in [5, 5.41) is 0. The van der Waals surface area contributed by atoms with E-state index in [-0.39, 0.29) is 18.4 Å². The zero-order valence-corrected chi connectivity index (χ0v) is 11.9. The van der Waals surface area contributed by atoms with Crippen LogP contribution in [0, 0.1) is 0 Å². The van der Waals surface area contributed by atoms with Crippen molar-refractivity contribution in [3.63, 3.8) is 0 Å². The summed E-state index contributed by atoms with van der Waals surface area (Å²) in [5.74, 6) is 0.593. The minimum Gasteiger partial charge on any atom is -0.492 e. The van der Waals surface area contributed by atoms with Gasteiger partial charge in [-0.3, -0.25) is 0 Å². The van der Waals surface area contributed by atoms with Crippen LogP contribution in [0.3, 0.4) is 0 Å². The van der Waals surface area contributed by atoms with Crippen LogP contribution in [0.4, 0.5) is 5.69 Å². The quantitative estimate of drug-likeness (QED) is 0.803. The van der Waals surface area contributed by atoms with Gasteiger partial charge in [0.05, 0.1) is 5.75 Å². The van der Waals surface area contributed by atoms with E-state index >= 15 is 0 Å². The van der Waals surface area contributed by atoms with Crippen LogP contribution < -0.4 is 10.5 Å².